The zero-order valence-electron chi connectivity index (χ0n) is 25.0. The van der Waals surface area contributed by atoms with Crippen LogP contribution >= 0.6 is 11.6 Å². The van der Waals surface area contributed by atoms with E-state index >= 15 is 0 Å². The number of sulfonamides is 1. The van der Waals surface area contributed by atoms with E-state index in [1.165, 1.54) is 43.2 Å². The molecule has 0 spiro atoms. The first-order valence-corrected chi connectivity index (χ1v) is 15.6. The molecule has 2 unspecified atom stereocenters. The van der Waals surface area contributed by atoms with Gasteiger partial charge >= 0.3 is 6.18 Å². The van der Waals surface area contributed by atoms with Crippen molar-refractivity contribution >= 4 is 39.1 Å². The third-order valence-electron chi connectivity index (χ3n) is 7.11. The van der Waals surface area contributed by atoms with E-state index in [1.807, 2.05) is 6.92 Å². The van der Waals surface area contributed by atoms with Gasteiger partial charge in [0.1, 0.15) is 18.3 Å². The average molecular weight is 654 g/mol. The topological polar surface area (TPSA) is 96.0 Å². The number of methoxy groups -OCH3 is 1. The molecule has 0 saturated carbocycles. The van der Waals surface area contributed by atoms with Crippen molar-refractivity contribution in [2.24, 2.45) is 0 Å². The number of nitrogens with one attached hydrogen (secondary N) is 1. The van der Waals surface area contributed by atoms with Crippen molar-refractivity contribution in [1.29, 1.82) is 0 Å². The van der Waals surface area contributed by atoms with Gasteiger partial charge in [0, 0.05) is 12.6 Å². The average Bonchev–Trinajstić information content (AvgIpc) is 2.98. The highest BCUT2D eigenvalue weighted by Crippen LogP contribution is 2.38. The maximum absolute atomic E-state index is 14.0. The summed E-state index contributed by atoms with van der Waals surface area (Å²) in [7, 11) is -3.07. The fourth-order valence-electron chi connectivity index (χ4n) is 4.23. The number of rotatable bonds is 12. The van der Waals surface area contributed by atoms with Crippen LogP contribution in [0.1, 0.15) is 43.9 Å². The largest absolute Gasteiger partial charge is 0.497 e. The molecule has 3 aromatic rings. The number of amides is 2. The number of benzene rings is 3. The lowest BCUT2D eigenvalue weighted by molar-refractivity contribution is -0.139. The summed E-state index contributed by atoms with van der Waals surface area (Å²) < 4.78 is 75.0. The molecule has 0 radical (unpaired) electrons. The highest BCUT2D eigenvalue weighted by Gasteiger charge is 2.37. The van der Waals surface area contributed by atoms with Crippen molar-refractivity contribution in [2.45, 2.75) is 63.8 Å². The Morgan fingerprint density at radius 2 is 1.61 bits per heavy atom. The number of ether oxygens (including phenoxy) is 1. The summed E-state index contributed by atoms with van der Waals surface area (Å²) in [5, 5.41) is 2.19. The van der Waals surface area contributed by atoms with Gasteiger partial charge in [-0.05, 0) is 75.2 Å². The second-order valence-electron chi connectivity index (χ2n) is 10.4. The summed E-state index contributed by atoms with van der Waals surface area (Å²) in [5.74, 6) is -0.723. The molecule has 2 amide bonds. The Morgan fingerprint density at radius 3 is 2.16 bits per heavy atom. The van der Waals surface area contributed by atoms with Crippen LogP contribution in [0.5, 0.6) is 5.75 Å². The molecule has 0 saturated heterocycles. The lowest BCUT2D eigenvalue weighted by atomic mass is 10.1. The summed E-state index contributed by atoms with van der Waals surface area (Å²) in [6.07, 6.45) is -4.26. The predicted molar refractivity (Wildman–Crippen MR) is 163 cm³/mol. The van der Waals surface area contributed by atoms with E-state index in [0.29, 0.717) is 28.1 Å². The minimum Gasteiger partial charge on any atom is -0.497 e. The third kappa shape index (κ3) is 8.44. The number of hydrogen-bond donors (Lipinski definition) is 1. The monoisotopic (exact) mass is 653 g/mol. The first-order chi connectivity index (χ1) is 20.6. The first-order valence-electron chi connectivity index (χ1n) is 13.8. The molecule has 0 aliphatic carbocycles. The maximum atomic E-state index is 14.0. The SMILES string of the molecule is CCC(C)NC(=O)C(C)N(Cc1ccc(OC)cc1)C(=O)CN(c1ccc(Cl)c(C(F)(F)F)c1)S(=O)(=O)c1ccc(C)cc1. The standard InChI is InChI=1S/C31H35ClF3N3O5S/c1-6-21(3)36-30(40)22(4)37(18-23-9-12-25(43-5)13-10-23)29(39)19-38(44(41,42)26-14-7-20(2)8-15-26)24-11-16-28(32)27(17-24)31(33,34)35/h7-17,21-22H,6,18-19H2,1-5H3,(H,36,40). The van der Waals surface area contributed by atoms with Gasteiger partial charge in [-0.2, -0.15) is 13.2 Å². The molecule has 0 heterocycles. The van der Waals surface area contributed by atoms with E-state index < -0.39 is 56.9 Å². The highest BCUT2D eigenvalue weighted by atomic mass is 35.5. The van der Waals surface area contributed by atoms with Crippen LogP contribution in [0.4, 0.5) is 18.9 Å². The van der Waals surface area contributed by atoms with E-state index in [0.717, 1.165) is 17.7 Å². The fraction of sp³-hybridized carbons (Fsp3) is 0.355. The van der Waals surface area contributed by atoms with Crippen LogP contribution in [0, 0.1) is 6.92 Å². The number of alkyl halides is 3. The Morgan fingerprint density at radius 1 is 1.00 bits per heavy atom. The van der Waals surface area contributed by atoms with E-state index in [9.17, 15) is 31.2 Å². The van der Waals surface area contributed by atoms with E-state index in [4.69, 9.17) is 16.3 Å². The molecule has 3 aromatic carbocycles. The van der Waals surface area contributed by atoms with Gasteiger partial charge in [0.15, 0.2) is 0 Å². The van der Waals surface area contributed by atoms with Gasteiger partial charge in [-0.1, -0.05) is 48.4 Å². The van der Waals surface area contributed by atoms with E-state index in [1.54, 1.807) is 38.1 Å². The van der Waals surface area contributed by atoms with Crippen LogP contribution in [0.15, 0.2) is 71.6 Å². The summed E-state index contributed by atoms with van der Waals surface area (Å²) in [6.45, 7) is 5.94. The Balaban J connectivity index is 2.11. The molecule has 0 aliphatic rings. The molecule has 8 nitrogen and oxygen atoms in total. The molecule has 3 rings (SSSR count). The molecule has 1 N–H and O–H groups in total. The Bertz CT molecular complexity index is 1570. The molecule has 2 atom stereocenters. The second kappa shape index (κ2) is 14.3. The molecule has 0 aliphatic heterocycles. The van der Waals surface area contributed by atoms with E-state index in [-0.39, 0.29) is 17.5 Å². The molecule has 0 bridgehead atoms. The number of hydrogen-bond acceptors (Lipinski definition) is 5. The van der Waals surface area contributed by atoms with E-state index in [2.05, 4.69) is 5.32 Å². The van der Waals surface area contributed by atoms with Gasteiger partial charge in [-0.25, -0.2) is 8.42 Å². The number of anilines is 1. The number of halogens is 4. The van der Waals surface area contributed by atoms with Crippen molar-refractivity contribution < 1.29 is 35.9 Å². The molecule has 238 valence electrons. The summed E-state index contributed by atoms with van der Waals surface area (Å²) in [5.41, 5.74) is -0.313. The fourth-order valence-corrected chi connectivity index (χ4v) is 5.86. The van der Waals surface area contributed by atoms with Crippen LogP contribution in [-0.2, 0) is 32.3 Å². The lowest BCUT2D eigenvalue weighted by Gasteiger charge is -2.32. The zero-order chi connectivity index (χ0) is 32.8. The van der Waals surface area contributed by atoms with Crippen molar-refractivity contribution in [2.75, 3.05) is 18.0 Å². The number of carbonyl (C=O) groups excluding carboxylic acids is 2. The predicted octanol–water partition coefficient (Wildman–Crippen LogP) is 6.20. The van der Waals surface area contributed by atoms with Crippen molar-refractivity contribution in [3.8, 4) is 5.75 Å². The quantitative estimate of drug-likeness (QED) is 0.251. The van der Waals surface area contributed by atoms with Gasteiger partial charge in [-0.15, -0.1) is 0 Å². The maximum Gasteiger partial charge on any atom is 0.417 e. The van der Waals surface area contributed by atoms with Gasteiger partial charge in [0.05, 0.1) is 28.3 Å². The van der Waals surface area contributed by atoms with Gasteiger partial charge in [-0.3, -0.25) is 13.9 Å². The van der Waals surface area contributed by atoms with Crippen LogP contribution in [0.2, 0.25) is 5.02 Å². The normalized spacial score (nSPS) is 13.1. The minimum atomic E-state index is -4.89. The Labute approximate surface area is 260 Å². The van der Waals surface area contributed by atoms with Crippen LogP contribution in [-0.4, -0.2) is 50.9 Å². The van der Waals surface area contributed by atoms with Crippen molar-refractivity contribution in [3.05, 3.63) is 88.4 Å². The molecule has 44 heavy (non-hydrogen) atoms. The summed E-state index contributed by atoms with van der Waals surface area (Å²) in [4.78, 5) is 28.1. The zero-order valence-corrected chi connectivity index (χ0v) is 26.6. The van der Waals surface area contributed by atoms with Gasteiger partial charge < -0.3 is 15.0 Å². The second-order valence-corrected chi connectivity index (χ2v) is 12.6. The molecule has 0 aromatic heterocycles. The van der Waals surface area contributed by atoms with Gasteiger partial charge in [0.25, 0.3) is 10.0 Å². The lowest BCUT2D eigenvalue weighted by Crippen LogP contribution is -2.52. The van der Waals surface area contributed by atoms with Gasteiger partial charge in [0.2, 0.25) is 11.8 Å². The molecule has 13 heteroatoms. The van der Waals surface area contributed by atoms with Crippen molar-refractivity contribution in [1.82, 2.24) is 10.2 Å². The number of nitrogens with zero attached hydrogens (tertiary/aromatic N) is 2. The molecular formula is C31H35ClF3N3O5S. The number of aryl methyl sites for hydroxylation is 1. The Kier molecular flexibility index (Phi) is 11.3. The molecule has 0 fully saturated rings. The smallest absolute Gasteiger partial charge is 0.417 e. The first kappa shape index (κ1) is 34.7. The highest BCUT2D eigenvalue weighted by molar-refractivity contribution is 7.92. The van der Waals surface area contributed by atoms with Crippen molar-refractivity contribution in [3.63, 3.8) is 0 Å². The summed E-state index contributed by atoms with van der Waals surface area (Å²) in [6, 6.07) is 13.8. The van der Waals surface area contributed by atoms with Crippen LogP contribution < -0.4 is 14.4 Å². The van der Waals surface area contributed by atoms with Crippen LogP contribution in [0.25, 0.3) is 0 Å². The molecular weight excluding hydrogens is 619 g/mol. The minimum absolute atomic E-state index is 0.0925. The van der Waals surface area contributed by atoms with Crippen LogP contribution in [0.3, 0.4) is 0 Å². The number of carbonyl (C=O) groups is 2. The third-order valence-corrected chi connectivity index (χ3v) is 9.23. The summed E-state index contributed by atoms with van der Waals surface area (Å²) >= 11 is 5.82. The Hall–Kier alpha value is -3.77.